The SMILES string of the molecule is CC1CCC(CN(C)C2CCNC2)CC1.Cl. The molecule has 16 heavy (non-hydrogen) atoms. The van der Waals surface area contributed by atoms with Crippen LogP contribution in [0.4, 0.5) is 0 Å². The smallest absolute Gasteiger partial charge is 0.0229 e. The molecule has 0 aromatic carbocycles. The Balaban J connectivity index is 0.00000128. The van der Waals surface area contributed by atoms with E-state index in [0.717, 1.165) is 17.9 Å². The van der Waals surface area contributed by atoms with E-state index >= 15 is 0 Å². The van der Waals surface area contributed by atoms with Gasteiger partial charge in [0.1, 0.15) is 0 Å². The molecular formula is C13H27ClN2. The zero-order valence-corrected chi connectivity index (χ0v) is 11.6. The van der Waals surface area contributed by atoms with E-state index in [2.05, 4.69) is 24.2 Å². The Kier molecular flexibility index (Phi) is 6.09. The van der Waals surface area contributed by atoms with Crippen LogP contribution in [0.25, 0.3) is 0 Å². The van der Waals surface area contributed by atoms with Crippen molar-refractivity contribution < 1.29 is 0 Å². The quantitative estimate of drug-likeness (QED) is 0.824. The summed E-state index contributed by atoms with van der Waals surface area (Å²) in [6.45, 7) is 6.16. The van der Waals surface area contributed by atoms with E-state index in [1.807, 2.05) is 0 Å². The number of halogens is 1. The van der Waals surface area contributed by atoms with Gasteiger partial charge in [-0.3, -0.25) is 0 Å². The summed E-state index contributed by atoms with van der Waals surface area (Å²) in [5, 5.41) is 3.46. The molecule has 1 heterocycles. The van der Waals surface area contributed by atoms with Crippen molar-refractivity contribution in [1.29, 1.82) is 0 Å². The molecule has 2 aliphatic rings. The highest BCUT2D eigenvalue weighted by atomic mass is 35.5. The van der Waals surface area contributed by atoms with Crippen LogP contribution in [-0.4, -0.2) is 37.6 Å². The van der Waals surface area contributed by atoms with Crippen molar-refractivity contribution >= 4 is 12.4 Å². The Morgan fingerprint density at radius 1 is 1.12 bits per heavy atom. The van der Waals surface area contributed by atoms with Gasteiger partial charge in [0.25, 0.3) is 0 Å². The highest BCUT2D eigenvalue weighted by molar-refractivity contribution is 5.85. The van der Waals surface area contributed by atoms with Crippen molar-refractivity contribution in [2.75, 3.05) is 26.7 Å². The fourth-order valence-corrected chi connectivity index (χ4v) is 3.08. The molecular weight excluding hydrogens is 220 g/mol. The second-order valence-corrected chi connectivity index (χ2v) is 5.71. The average molecular weight is 247 g/mol. The molecule has 1 saturated carbocycles. The molecule has 1 unspecified atom stereocenters. The van der Waals surface area contributed by atoms with E-state index < -0.39 is 0 Å². The van der Waals surface area contributed by atoms with Crippen LogP contribution in [0, 0.1) is 11.8 Å². The van der Waals surface area contributed by atoms with E-state index in [9.17, 15) is 0 Å². The summed E-state index contributed by atoms with van der Waals surface area (Å²) in [7, 11) is 2.32. The van der Waals surface area contributed by atoms with Gasteiger partial charge in [0, 0.05) is 19.1 Å². The van der Waals surface area contributed by atoms with Crippen LogP contribution in [-0.2, 0) is 0 Å². The van der Waals surface area contributed by atoms with Crippen molar-refractivity contribution in [1.82, 2.24) is 10.2 Å². The minimum absolute atomic E-state index is 0. The number of hydrogen-bond acceptors (Lipinski definition) is 2. The maximum absolute atomic E-state index is 3.46. The van der Waals surface area contributed by atoms with Crippen LogP contribution < -0.4 is 5.32 Å². The molecule has 0 amide bonds. The minimum atomic E-state index is 0. The number of likely N-dealkylation sites (N-methyl/N-ethyl adjacent to an activating group) is 1. The summed E-state index contributed by atoms with van der Waals surface area (Å²) in [4.78, 5) is 2.60. The van der Waals surface area contributed by atoms with Crippen molar-refractivity contribution in [3.8, 4) is 0 Å². The highest BCUT2D eigenvalue weighted by Gasteiger charge is 2.24. The first-order chi connectivity index (χ1) is 7.25. The van der Waals surface area contributed by atoms with E-state index in [-0.39, 0.29) is 12.4 Å². The number of nitrogens with one attached hydrogen (secondary N) is 1. The highest BCUT2D eigenvalue weighted by Crippen LogP contribution is 2.29. The van der Waals surface area contributed by atoms with E-state index in [0.29, 0.717) is 0 Å². The Morgan fingerprint density at radius 2 is 1.81 bits per heavy atom. The molecule has 0 radical (unpaired) electrons. The molecule has 1 N–H and O–H groups in total. The number of nitrogens with zero attached hydrogens (tertiary/aromatic N) is 1. The van der Waals surface area contributed by atoms with Gasteiger partial charge in [0.15, 0.2) is 0 Å². The van der Waals surface area contributed by atoms with Gasteiger partial charge in [-0.25, -0.2) is 0 Å². The van der Waals surface area contributed by atoms with Crippen LogP contribution in [0.3, 0.4) is 0 Å². The minimum Gasteiger partial charge on any atom is -0.315 e. The molecule has 96 valence electrons. The summed E-state index contributed by atoms with van der Waals surface area (Å²) in [5.74, 6) is 1.96. The number of rotatable bonds is 3. The lowest BCUT2D eigenvalue weighted by Crippen LogP contribution is -2.37. The molecule has 1 aliphatic carbocycles. The normalized spacial score (nSPS) is 35.1. The van der Waals surface area contributed by atoms with Gasteiger partial charge in [-0.05, 0) is 44.7 Å². The van der Waals surface area contributed by atoms with Gasteiger partial charge >= 0.3 is 0 Å². The second kappa shape index (κ2) is 6.83. The molecule has 0 aromatic heterocycles. The Hall–Kier alpha value is 0.210. The van der Waals surface area contributed by atoms with Crippen molar-refractivity contribution in [3.63, 3.8) is 0 Å². The van der Waals surface area contributed by atoms with Crippen LogP contribution in [0.2, 0.25) is 0 Å². The standard InChI is InChI=1S/C13H26N2.ClH/c1-11-3-5-12(6-4-11)10-15(2)13-7-8-14-9-13;/h11-14H,3-10H2,1-2H3;1H. The molecule has 1 atom stereocenters. The Bertz CT molecular complexity index is 184. The van der Waals surface area contributed by atoms with Crippen LogP contribution in [0.5, 0.6) is 0 Å². The summed E-state index contributed by atoms with van der Waals surface area (Å²) < 4.78 is 0. The Morgan fingerprint density at radius 3 is 2.38 bits per heavy atom. The molecule has 0 bridgehead atoms. The fourth-order valence-electron chi connectivity index (χ4n) is 3.08. The molecule has 3 heteroatoms. The lowest BCUT2D eigenvalue weighted by atomic mass is 9.82. The second-order valence-electron chi connectivity index (χ2n) is 5.71. The first kappa shape index (κ1) is 14.3. The lowest BCUT2D eigenvalue weighted by Gasteiger charge is -2.32. The van der Waals surface area contributed by atoms with E-state index in [1.165, 1.54) is 51.7 Å². The van der Waals surface area contributed by atoms with Crippen molar-refractivity contribution in [3.05, 3.63) is 0 Å². The Labute approximate surface area is 107 Å². The van der Waals surface area contributed by atoms with Gasteiger partial charge < -0.3 is 10.2 Å². The maximum atomic E-state index is 3.46. The van der Waals surface area contributed by atoms with Crippen LogP contribution in [0.1, 0.15) is 39.0 Å². The zero-order valence-electron chi connectivity index (χ0n) is 10.7. The maximum Gasteiger partial charge on any atom is 0.0229 e. The largest absolute Gasteiger partial charge is 0.315 e. The summed E-state index contributed by atoms with van der Waals surface area (Å²) >= 11 is 0. The third kappa shape index (κ3) is 3.90. The van der Waals surface area contributed by atoms with Crippen molar-refractivity contribution in [2.45, 2.75) is 45.1 Å². The predicted molar refractivity (Wildman–Crippen MR) is 72.3 cm³/mol. The fraction of sp³-hybridized carbons (Fsp3) is 1.00. The molecule has 0 spiro atoms. The summed E-state index contributed by atoms with van der Waals surface area (Å²) in [6, 6.07) is 0.810. The van der Waals surface area contributed by atoms with E-state index in [1.54, 1.807) is 0 Å². The first-order valence-electron chi connectivity index (χ1n) is 6.66. The van der Waals surface area contributed by atoms with Gasteiger partial charge in [0.2, 0.25) is 0 Å². The topological polar surface area (TPSA) is 15.3 Å². The number of hydrogen-bond donors (Lipinski definition) is 1. The summed E-state index contributed by atoms with van der Waals surface area (Å²) in [5.41, 5.74) is 0. The average Bonchev–Trinajstić information content (AvgIpc) is 2.74. The van der Waals surface area contributed by atoms with Gasteiger partial charge in [0.05, 0.1) is 0 Å². The molecule has 1 aliphatic heterocycles. The third-order valence-corrected chi connectivity index (χ3v) is 4.34. The molecule has 2 fully saturated rings. The molecule has 2 nitrogen and oxygen atoms in total. The predicted octanol–water partition coefficient (Wildman–Crippen LogP) is 2.53. The molecule has 1 saturated heterocycles. The molecule has 0 aromatic rings. The first-order valence-corrected chi connectivity index (χ1v) is 6.66. The van der Waals surface area contributed by atoms with Gasteiger partial charge in [-0.2, -0.15) is 0 Å². The molecule has 2 rings (SSSR count). The van der Waals surface area contributed by atoms with Crippen molar-refractivity contribution in [2.24, 2.45) is 11.8 Å². The van der Waals surface area contributed by atoms with Crippen LogP contribution >= 0.6 is 12.4 Å². The zero-order chi connectivity index (χ0) is 10.7. The van der Waals surface area contributed by atoms with Gasteiger partial charge in [-0.15, -0.1) is 12.4 Å². The van der Waals surface area contributed by atoms with E-state index in [4.69, 9.17) is 0 Å². The van der Waals surface area contributed by atoms with Gasteiger partial charge in [-0.1, -0.05) is 19.8 Å². The van der Waals surface area contributed by atoms with Crippen LogP contribution in [0.15, 0.2) is 0 Å². The summed E-state index contributed by atoms with van der Waals surface area (Å²) in [6.07, 6.45) is 7.19. The third-order valence-electron chi connectivity index (χ3n) is 4.34. The lowest BCUT2D eigenvalue weighted by molar-refractivity contribution is 0.176. The monoisotopic (exact) mass is 246 g/mol.